The Morgan fingerprint density at radius 1 is 1.53 bits per heavy atom. The van der Waals surface area contributed by atoms with Gasteiger partial charge in [-0.05, 0) is 45.1 Å². The van der Waals surface area contributed by atoms with Crippen molar-refractivity contribution in [3.8, 4) is 0 Å². The van der Waals surface area contributed by atoms with E-state index in [4.69, 9.17) is 4.74 Å². The number of esters is 1. The quantitative estimate of drug-likeness (QED) is 0.752. The van der Waals surface area contributed by atoms with Crippen LogP contribution in [-0.4, -0.2) is 25.2 Å². The molecule has 1 aliphatic carbocycles. The molecule has 2 atom stereocenters. The van der Waals surface area contributed by atoms with Gasteiger partial charge in [-0.25, -0.2) is 0 Å². The summed E-state index contributed by atoms with van der Waals surface area (Å²) in [6.07, 6.45) is 5.43. The highest BCUT2D eigenvalue weighted by molar-refractivity contribution is 5.81. The summed E-state index contributed by atoms with van der Waals surface area (Å²) in [6, 6.07) is 0. The molecular formula is C14H27NO2. The van der Waals surface area contributed by atoms with Gasteiger partial charge in [0.25, 0.3) is 0 Å². The van der Waals surface area contributed by atoms with E-state index in [9.17, 15) is 4.79 Å². The van der Waals surface area contributed by atoms with Gasteiger partial charge in [0.2, 0.25) is 0 Å². The molecule has 0 radical (unpaired) electrons. The van der Waals surface area contributed by atoms with Crippen LogP contribution in [0, 0.1) is 11.8 Å². The molecule has 0 aliphatic heterocycles. The van der Waals surface area contributed by atoms with Crippen LogP contribution in [0.3, 0.4) is 0 Å². The van der Waals surface area contributed by atoms with Crippen molar-refractivity contribution >= 4 is 5.97 Å². The first kappa shape index (κ1) is 14.5. The molecule has 1 saturated carbocycles. The highest BCUT2D eigenvalue weighted by atomic mass is 16.5. The molecular weight excluding hydrogens is 214 g/mol. The van der Waals surface area contributed by atoms with Gasteiger partial charge >= 0.3 is 5.97 Å². The second kappa shape index (κ2) is 6.39. The standard InChI is InChI=1S/C14H27NO2/c1-5-17-13(16)14(15-4)8-6-7-12(10-14)9-11(2)3/h11-12,15H,5-10H2,1-4H3. The molecule has 1 N–H and O–H groups in total. The number of nitrogens with one attached hydrogen (secondary N) is 1. The third-order valence-corrected chi connectivity index (χ3v) is 3.80. The summed E-state index contributed by atoms with van der Waals surface area (Å²) >= 11 is 0. The van der Waals surface area contributed by atoms with E-state index in [1.54, 1.807) is 0 Å². The third-order valence-electron chi connectivity index (χ3n) is 3.80. The molecule has 0 heterocycles. The highest BCUT2D eigenvalue weighted by Crippen LogP contribution is 2.36. The summed E-state index contributed by atoms with van der Waals surface area (Å²) in [4.78, 5) is 12.1. The first-order valence-corrected chi connectivity index (χ1v) is 6.90. The molecule has 100 valence electrons. The Bertz CT molecular complexity index is 253. The predicted molar refractivity (Wildman–Crippen MR) is 69.8 cm³/mol. The van der Waals surface area contributed by atoms with Crippen molar-refractivity contribution in [3.63, 3.8) is 0 Å². The second-order valence-corrected chi connectivity index (χ2v) is 5.64. The van der Waals surface area contributed by atoms with E-state index in [0.717, 1.165) is 19.3 Å². The van der Waals surface area contributed by atoms with E-state index < -0.39 is 5.54 Å². The average molecular weight is 241 g/mol. The van der Waals surface area contributed by atoms with Crippen LogP contribution in [0.15, 0.2) is 0 Å². The van der Waals surface area contributed by atoms with Crippen molar-refractivity contribution < 1.29 is 9.53 Å². The van der Waals surface area contributed by atoms with Crippen molar-refractivity contribution in [2.45, 2.75) is 58.4 Å². The number of carbonyl (C=O) groups excluding carboxylic acids is 1. The maximum Gasteiger partial charge on any atom is 0.326 e. The lowest BCUT2D eigenvalue weighted by Crippen LogP contribution is -2.54. The van der Waals surface area contributed by atoms with E-state index in [1.807, 2.05) is 14.0 Å². The van der Waals surface area contributed by atoms with Crippen molar-refractivity contribution in [2.24, 2.45) is 11.8 Å². The fraction of sp³-hybridized carbons (Fsp3) is 0.929. The smallest absolute Gasteiger partial charge is 0.326 e. The summed E-state index contributed by atoms with van der Waals surface area (Å²) in [5, 5.41) is 3.23. The van der Waals surface area contributed by atoms with Crippen LogP contribution in [0.25, 0.3) is 0 Å². The van der Waals surface area contributed by atoms with Crippen LogP contribution < -0.4 is 5.32 Å². The molecule has 0 aromatic carbocycles. The summed E-state index contributed by atoms with van der Waals surface area (Å²) in [6.45, 7) is 6.84. The summed E-state index contributed by atoms with van der Waals surface area (Å²) in [5.74, 6) is 1.30. The van der Waals surface area contributed by atoms with Gasteiger partial charge in [0, 0.05) is 0 Å². The molecule has 3 nitrogen and oxygen atoms in total. The zero-order valence-corrected chi connectivity index (χ0v) is 11.7. The molecule has 0 bridgehead atoms. The first-order valence-electron chi connectivity index (χ1n) is 6.90. The number of carbonyl (C=O) groups is 1. The largest absolute Gasteiger partial charge is 0.465 e. The normalized spacial score (nSPS) is 29.4. The van der Waals surface area contributed by atoms with Crippen LogP contribution in [-0.2, 0) is 9.53 Å². The monoisotopic (exact) mass is 241 g/mol. The van der Waals surface area contributed by atoms with Gasteiger partial charge in [-0.2, -0.15) is 0 Å². The van der Waals surface area contributed by atoms with Gasteiger partial charge in [0.1, 0.15) is 5.54 Å². The molecule has 0 spiro atoms. The molecule has 1 fully saturated rings. The maximum absolute atomic E-state index is 12.1. The van der Waals surface area contributed by atoms with Crippen LogP contribution in [0.2, 0.25) is 0 Å². The van der Waals surface area contributed by atoms with E-state index in [2.05, 4.69) is 19.2 Å². The highest BCUT2D eigenvalue weighted by Gasteiger charge is 2.42. The molecule has 0 amide bonds. The number of ether oxygens (including phenoxy) is 1. The minimum atomic E-state index is -0.423. The zero-order valence-electron chi connectivity index (χ0n) is 11.7. The lowest BCUT2D eigenvalue weighted by Gasteiger charge is -2.39. The van der Waals surface area contributed by atoms with Gasteiger partial charge in [0.05, 0.1) is 6.61 Å². The van der Waals surface area contributed by atoms with E-state index in [-0.39, 0.29) is 5.97 Å². The Kier molecular flexibility index (Phi) is 5.44. The molecule has 3 heteroatoms. The first-order chi connectivity index (χ1) is 8.04. The van der Waals surface area contributed by atoms with E-state index in [1.165, 1.54) is 12.8 Å². The van der Waals surface area contributed by atoms with Crippen molar-refractivity contribution in [3.05, 3.63) is 0 Å². The Morgan fingerprint density at radius 3 is 2.76 bits per heavy atom. The van der Waals surface area contributed by atoms with Crippen LogP contribution in [0.5, 0.6) is 0 Å². The fourth-order valence-corrected chi connectivity index (χ4v) is 3.04. The number of hydrogen-bond acceptors (Lipinski definition) is 3. The SMILES string of the molecule is CCOC(=O)C1(NC)CCCC(CC(C)C)C1. The minimum absolute atomic E-state index is 0.0593. The van der Waals surface area contributed by atoms with Crippen LogP contribution in [0.1, 0.15) is 52.9 Å². The van der Waals surface area contributed by atoms with Gasteiger partial charge in [-0.15, -0.1) is 0 Å². The molecule has 0 aromatic heterocycles. The predicted octanol–water partition coefficient (Wildman–Crippen LogP) is 2.74. The van der Waals surface area contributed by atoms with Crippen molar-refractivity contribution in [1.29, 1.82) is 0 Å². The number of likely N-dealkylation sites (N-methyl/N-ethyl adjacent to an activating group) is 1. The topological polar surface area (TPSA) is 38.3 Å². The molecule has 1 aliphatic rings. The van der Waals surface area contributed by atoms with Crippen molar-refractivity contribution in [2.75, 3.05) is 13.7 Å². The fourth-order valence-electron chi connectivity index (χ4n) is 3.04. The zero-order chi connectivity index (χ0) is 12.9. The summed E-state index contributed by atoms with van der Waals surface area (Å²) in [7, 11) is 1.88. The second-order valence-electron chi connectivity index (χ2n) is 5.64. The Balaban J connectivity index is 2.68. The molecule has 17 heavy (non-hydrogen) atoms. The Hall–Kier alpha value is -0.570. The van der Waals surface area contributed by atoms with Gasteiger partial charge < -0.3 is 10.1 Å². The lowest BCUT2D eigenvalue weighted by molar-refractivity contribution is -0.153. The molecule has 1 rings (SSSR count). The maximum atomic E-state index is 12.1. The average Bonchev–Trinajstić information content (AvgIpc) is 2.28. The lowest BCUT2D eigenvalue weighted by atomic mass is 9.73. The van der Waals surface area contributed by atoms with Crippen molar-refractivity contribution in [1.82, 2.24) is 5.32 Å². The Labute approximate surface area is 105 Å². The van der Waals surface area contributed by atoms with Gasteiger partial charge in [-0.1, -0.05) is 26.7 Å². The van der Waals surface area contributed by atoms with Gasteiger partial charge in [-0.3, -0.25) is 4.79 Å². The van der Waals surface area contributed by atoms with Crippen LogP contribution in [0.4, 0.5) is 0 Å². The minimum Gasteiger partial charge on any atom is -0.465 e. The van der Waals surface area contributed by atoms with Crippen LogP contribution >= 0.6 is 0 Å². The Morgan fingerprint density at radius 2 is 2.24 bits per heavy atom. The van der Waals surface area contributed by atoms with E-state index >= 15 is 0 Å². The summed E-state index contributed by atoms with van der Waals surface area (Å²) < 4.78 is 5.23. The van der Waals surface area contributed by atoms with Gasteiger partial charge in [0.15, 0.2) is 0 Å². The molecule has 2 unspecified atom stereocenters. The third kappa shape index (κ3) is 3.70. The molecule has 0 saturated heterocycles. The number of hydrogen-bond donors (Lipinski definition) is 1. The number of rotatable bonds is 5. The van der Waals surface area contributed by atoms with E-state index in [0.29, 0.717) is 18.4 Å². The molecule has 0 aromatic rings. The summed E-state index contributed by atoms with van der Waals surface area (Å²) in [5.41, 5.74) is -0.423.